The van der Waals surface area contributed by atoms with Gasteiger partial charge in [0.05, 0.1) is 12.0 Å². The smallest absolute Gasteiger partial charge is 0.266 e. The normalized spacial score (nSPS) is 11.3. The Labute approximate surface area is 148 Å². The SMILES string of the molecule is CC(C)CCNC(=O)CSc1nc(-c2ccco2)nc2cc(=O)[nH]n12. The number of hydrogen-bond acceptors (Lipinski definition) is 6. The Morgan fingerprint density at radius 3 is 3.00 bits per heavy atom. The molecule has 25 heavy (non-hydrogen) atoms. The second-order valence-corrected chi connectivity index (χ2v) is 6.88. The molecule has 132 valence electrons. The number of nitrogens with zero attached hydrogens (tertiary/aromatic N) is 3. The molecule has 0 saturated heterocycles. The summed E-state index contributed by atoms with van der Waals surface area (Å²) in [6, 6.07) is 4.85. The van der Waals surface area contributed by atoms with Gasteiger partial charge in [-0.2, -0.15) is 4.98 Å². The fourth-order valence-electron chi connectivity index (χ4n) is 2.18. The van der Waals surface area contributed by atoms with Gasteiger partial charge in [0.1, 0.15) is 0 Å². The summed E-state index contributed by atoms with van der Waals surface area (Å²) in [5, 5.41) is 5.98. The van der Waals surface area contributed by atoms with Gasteiger partial charge in [0.15, 0.2) is 22.4 Å². The lowest BCUT2D eigenvalue weighted by molar-refractivity contribution is -0.118. The van der Waals surface area contributed by atoms with Gasteiger partial charge >= 0.3 is 0 Å². The highest BCUT2D eigenvalue weighted by Gasteiger charge is 2.14. The third-order valence-electron chi connectivity index (χ3n) is 3.44. The number of aromatic amines is 1. The summed E-state index contributed by atoms with van der Waals surface area (Å²) in [4.78, 5) is 32.3. The first-order valence-corrected chi connectivity index (χ1v) is 8.94. The second kappa shape index (κ2) is 7.56. The Kier molecular flexibility index (Phi) is 5.22. The van der Waals surface area contributed by atoms with Crippen LogP contribution in [0.25, 0.3) is 17.2 Å². The van der Waals surface area contributed by atoms with Gasteiger partial charge in [-0.15, -0.1) is 0 Å². The standard InChI is InChI=1S/C16H19N5O3S/c1-10(2)5-6-17-14(23)9-25-16-19-15(11-4-3-7-24-11)18-12-8-13(22)20-21(12)16/h3-4,7-8,10H,5-6,9H2,1-2H3,(H,17,23)(H,20,22). The lowest BCUT2D eigenvalue weighted by Gasteiger charge is -2.08. The van der Waals surface area contributed by atoms with Crippen LogP contribution in [0.4, 0.5) is 0 Å². The Morgan fingerprint density at radius 2 is 2.28 bits per heavy atom. The van der Waals surface area contributed by atoms with E-state index in [-0.39, 0.29) is 17.2 Å². The average molecular weight is 361 g/mol. The van der Waals surface area contributed by atoms with Crippen LogP contribution < -0.4 is 10.9 Å². The van der Waals surface area contributed by atoms with Crippen LogP contribution in [0.15, 0.2) is 38.8 Å². The number of furan rings is 1. The van der Waals surface area contributed by atoms with Crippen molar-refractivity contribution in [2.75, 3.05) is 12.3 Å². The molecule has 3 heterocycles. The molecule has 3 rings (SSSR count). The number of rotatable bonds is 7. The lowest BCUT2D eigenvalue weighted by Crippen LogP contribution is -2.27. The van der Waals surface area contributed by atoms with Crippen molar-refractivity contribution in [3.63, 3.8) is 0 Å². The number of H-pyrrole nitrogens is 1. The maximum Gasteiger partial charge on any atom is 0.266 e. The predicted octanol–water partition coefficient (Wildman–Crippen LogP) is 1.93. The summed E-state index contributed by atoms with van der Waals surface area (Å²) >= 11 is 1.23. The molecule has 0 aliphatic rings. The van der Waals surface area contributed by atoms with E-state index in [1.165, 1.54) is 28.6 Å². The molecule has 0 spiro atoms. The first-order valence-electron chi connectivity index (χ1n) is 7.96. The van der Waals surface area contributed by atoms with Crippen LogP contribution in [-0.2, 0) is 4.79 Å². The fourth-order valence-corrected chi connectivity index (χ4v) is 2.96. The zero-order valence-electron chi connectivity index (χ0n) is 14.0. The number of hydrogen-bond donors (Lipinski definition) is 2. The molecular formula is C16H19N5O3S. The fraction of sp³-hybridized carbons (Fsp3) is 0.375. The molecule has 0 aliphatic carbocycles. The minimum Gasteiger partial charge on any atom is -0.461 e. The Morgan fingerprint density at radius 1 is 1.44 bits per heavy atom. The second-order valence-electron chi connectivity index (χ2n) is 5.94. The van der Waals surface area contributed by atoms with Crippen molar-refractivity contribution in [3.8, 4) is 11.6 Å². The van der Waals surface area contributed by atoms with Gasteiger partial charge in [0, 0.05) is 12.6 Å². The summed E-state index contributed by atoms with van der Waals surface area (Å²) < 4.78 is 6.79. The van der Waals surface area contributed by atoms with Gasteiger partial charge < -0.3 is 9.73 Å². The zero-order chi connectivity index (χ0) is 17.8. The molecule has 0 radical (unpaired) electrons. The number of thioether (sulfide) groups is 1. The van der Waals surface area contributed by atoms with Gasteiger partial charge in [-0.05, 0) is 24.5 Å². The molecule has 1 amide bonds. The van der Waals surface area contributed by atoms with E-state index in [0.29, 0.717) is 34.9 Å². The minimum atomic E-state index is -0.283. The largest absolute Gasteiger partial charge is 0.461 e. The molecule has 0 aromatic carbocycles. The summed E-state index contributed by atoms with van der Waals surface area (Å²) in [6.45, 7) is 4.86. The van der Waals surface area contributed by atoms with Crippen molar-refractivity contribution in [3.05, 3.63) is 34.8 Å². The maximum atomic E-state index is 12.0. The van der Waals surface area contributed by atoms with Crippen LogP contribution in [0.2, 0.25) is 0 Å². The lowest BCUT2D eigenvalue weighted by atomic mass is 10.1. The Bertz CT molecular complexity index is 914. The van der Waals surface area contributed by atoms with Crippen molar-refractivity contribution < 1.29 is 9.21 Å². The molecule has 3 aromatic heterocycles. The van der Waals surface area contributed by atoms with E-state index in [2.05, 4.69) is 34.2 Å². The van der Waals surface area contributed by atoms with E-state index in [0.717, 1.165) is 6.42 Å². The average Bonchev–Trinajstić information content (AvgIpc) is 3.20. The number of nitrogens with one attached hydrogen (secondary N) is 2. The molecule has 0 atom stereocenters. The van der Waals surface area contributed by atoms with Crippen LogP contribution in [0, 0.1) is 5.92 Å². The van der Waals surface area contributed by atoms with Gasteiger partial charge in [-0.25, -0.2) is 9.50 Å². The molecule has 3 aromatic rings. The molecule has 0 aliphatic heterocycles. The summed E-state index contributed by atoms with van der Waals surface area (Å²) in [5.74, 6) is 1.52. The van der Waals surface area contributed by atoms with Crippen LogP contribution in [0.1, 0.15) is 20.3 Å². The summed E-state index contributed by atoms with van der Waals surface area (Å²) in [5.41, 5.74) is 0.142. The number of carbonyl (C=O) groups is 1. The highest BCUT2D eigenvalue weighted by atomic mass is 32.2. The van der Waals surface area contributed by atoms with E-state index in [9.17, 15) is 9.59 Å². The molecule has 0 unspecified atom stereocenters. The van der Waals surface area contributed by atoms with Crippen LogP contribution in [0.5, 0.6) is 0 Å². The van der Waals surface area contributed by atoms with Crippen molar-refractivity contribution >= 4 is 23.3 Å². The zero-order valence-corrected chi connectivity index (χ0v) is 14.8. The first kappa shape index (κ1) is 17.3. The topological polar surface area (TPSA) is 105 Å². The number of carbonyl (C=O) groups excluding carboxylic acids is 1. The van der Waals surface area contributed by atoms with Gasteiger partial charge in [-0.3, -0.25) is 14.7 Å². The third kappa shape index (κ3) is 4.30. The molecule has 8 nitrogen and oxygen atoms in total. The predicted molar refractivity (Wildman–Crippen MR) is 94.5 cm³/mol. The maximum absolute atomic E-state index is 12.0. The highest BCUT2D eigenvalue weighted by molar-refractivity contribution is 7.99. The molecule has 0 bridgehead atoms. The third-order valence-corrected chi connectivity index (χ3v) is 4.38. The first-order chi connectivity index (χ1) is 12.0. The molecule has 2 N–H and O–H groups in total. The molecule has 0 saturated carbocycles. The van der Waals surface area contributed by atoms with Crippen molar-refractivity contribution in [2.24, 2.45) is 5.92 Å². The van der Waals surface area contributed by atoms with E-state index in [1.54, 1.807) is 12.1 Å². The van der Waals surface area contributed by atoms with Crippen molar-refractivity contribution in [1.82, 2.24) is 24.9 Å². The van der Waals surface area contributed by atoms with Gasteiger partial charge in [0.25, 0.3) is 5.56 Å². The summed E-state index contributed by atoms with van der Waals surface area (Å²) in [6.07, 6.45) is 2.46. The number of aromatic nitrogens is 4. The quantitative estimate of drug-likeness (QED) is 0.623. The monoisotopic (exact) mass is 361 g/mol. The van der Waals surface area contributed by atoms with Gasteiger partial charge in [0.2, 0.25) is 5.91 Å². The van der Waals surface area contributed by atoms with Crippen LogP contribution in [0.3, 0.4) is 0 Å². The Balaban J connectivity index is 1.78. The van der Waals surface area contributed by atoms with Crippen LogP contribution >= 0.6 is 11.8 Å². The molecule has 0 fully saturated rings. The van der Waals surface area contributed by atoms with Gasteiger partial charge in [-0.1, -0.05) is 25.6 Å². The summed E-state index contributed by atoms with van der Waals surface area (Å²) in [7, 11) is 0. The Hall–Kier alpha value is -2.55. The minimum absolute atomic E-state index is 0.0773. The van der Waals surface area contributed by atoms with Crippen molar-refractivity contribution in [2.45, 2.75) is 25.4 Å². The van der Waals surface area contributed by atoms with E-state index >= 15 is 0 Å². The molecule has 9 heteroatoms. The van der Waals surface area contributed by atoms with Crippen molar-refractivity contribution in [1.29, 1.82) is 0 Å². The highest BCUT2D eigenvalue weighted by Crippen LogP contribution is 2.21. The van der Waals surface area contributed by atoms with E-state index in [4.69, 9.17) is 4.42 Å². The number of amides is 1. The van der Waals surface area contributed by atoms with E-state index in [1.807, 2.05) is 0 Å². The van der Waals surface area contributed by atoms with E-state index < -0.39 is 0 Å². The molecular weight excluding hydrogens is 342 g/mol. The van der Waals surface area contributed by atoms with Crippen LogP contribution in [-0.4, -0.2) is 37.8 Å². The number of fused-ring (bicyclic) bond motifs is 1.